The van der Waals surface area contributed by atoms with Crippen LogP contribution in [0.25, 0.3) is 27.3 Å². The second-order valence-corrected chi connectivity index (χ2v) is 6.92. The van der Waals surface area contributed by atoms with Crippen molar-refractivity contribution in [2.45, 2.75) is 25.3 Å². The summed E-state index contributed by atoms with van der Waals surface area (Å²) < 4.78 is 5.47. The van der Waals surface area contributed by atoms with E-state index in [4.69, 9.17) is 12.2 Å². The molecule has 0 bridgehead atoms. The molecule has 0 spiro atoms. The summed E-state index contributed by atoms with van der Waals surface area (Å²) in [5.74, 6) is 0. The summed E-state index contributed by atoms with van der Waals surface area (Å²) in [5.41, 5.74) is 2.59. The molecule has 2 aromatic heterocycles. The number of rotatable bonds is 1. The molecule has 0 saturated heterocycles. The summed E-state index contributed by atoms with van der Waals surface area (Å²) in [5, 5.41) is 7.11. The molecular weight excluding hydrogens is 290 g/mol. The molecule has 22 heavy (non-hydrogen) atoms. The normalized spacial score (nSPS) is 16.6. The van der Waals surface area contributed by atoms with E-state index < -0.39 is 0 Å². The fourth-order valence-corrected chi connectivity index (χ4v) is 3.75. The van der Waals surface area contributed by atoms with Gasteiger partial charge in [0.05, 0.1) is 9.90 Å². The minimum atomic E-state index is 0.196. The van der Waals surface area contributed by atoms with Crippen molar-refractivity contribution >= 4 is 39.5 Å². The predicted molar refractivity (Wildman–Crippen MR) is 90.7 cm³/mol. The smallest absolute Gasteiger partial charge is 0.199 e. The highest BCUT2D eigenvalue weighted by Gasteiger charge is 2.46. The summed E-state index contributed by atoms with van der Waals surface area (Å²) >= 11 is 5.67. The van der Waals surface area contributed by atoms with E-state index in [0.29, 0.717) is 0 Å². The maximum atomic E-state index is 5.67. The first-order valence-electron chi connectivity index (χ1n) is 7.65. The third-order valence-corrected chi connectivity index (χ3v) is 5.31. The zero-order chi connectivity index (χ0) is 14.9. The zero-order valence-corrected chi connectivity index (χ0v) is 13.2. The lowest BCUT2D eigenvalue weighted by Crippen LogP contribution is -2.24. The number of nitrogens with one attached hydrogen (secondary N) is 1. The zero-order valence-electron chi connectivity index (χ0n) is 12.3. The van der Waals surface area contributed by atoms with Gasteiger partial charge in [0.2, 0.25) is 6.33 Å². The molecule has 0 unspecified atom stereocenters. The minimum Gasteiger partial charge on any atom is -0.199 e. The lowest BCUT2D eigenvalue weighted by atomic mass is 10.1. The molecule has 1 N–H and O–H groups in total. The fourth-order valence-electron chi connectivity index (χ4n) is 3.48. The van der Waals surface area contributed by atoms with Gasteiger partial charge < -0.3 is 0 Å². The predicted octanol–water partition coefficient (Wildman–Crippen LogP) is 4.10. The van der Waals surface area contributed by atoms with Crippen molar-refractivity contribution in [1.82, 2.24) is 9.78 Å². The molecule has 2 heterocycles. The van der Waals surface area contributed by atoms with E-state index in [1.807, 2.05) is 6.07 Å². The van der Waals surface area contributed by atoms with Gasteiger partial charge in [-0.25, -0.2) is 0 Å². The van der Waals surface area contributed by atoms with Gasteiger partial charge in [0.15, 0.2) is 0 Å². The average molecular weight is 306 g/mol. The maximum Gasteiger partial charge on any atom is 0.271 e. The van der Waals surface area contributed by atoms with Crippen molar-refractivity contribution in [2.24, 2.45) is 0 Å². The number of nitrogens with zero attached hydrogens (tertiary/aromatic N) is 2. The van der Waals surface area contributed by atoms with Crippen molar-refractivity contribution in [3.05, 3.63) is 53.3 Å². The summed E-state index contributed by atoms with van der Waals surface area (Å²) in [7, 11) is 0. The van der Waals surface area contributed by atoms with Gasteiger partial charge in [0.25, 0.3) is 5.65 Å². The monoisotopic (exact) mass is 306 g/mol. The standard InChI is InChI=1S/C18H15N3S/c1-18(9-10-18)21-17-16-13(6-4-8-15(16)22)12-5-2-3-7-14(12)20(17)11-19-21/h2-8,11H,9-10H2,1H3/p+1. The van der Waals surface area contributed by atoms with Crippen LogP contribution in [0.15, 0.2) is 48.8 Å². The van der Waals surface area contributed by atoms with Crippen LogP contribution in [-0.4, -0.2) is 9.78 Å². The molecule has 5 rings (SSSR count). The third kappa shape index (κ3) is 1.45. The summed E-state index contributed by atoms with van der Waals surface area (Å²) in [6.45, 7) is 2.30. The van der Waals surface area contributed by atoms with Gasteiger partial charge in [-0.3, -0.25) is 0 Å². The molecule has 4 aromatic rings. The second kappa shape index (κ2) is 3.96. The number of hydrogen-bond donors (Lipinski definition) is 1. The Morgan fingerprint density at radius 3 is 2.68 bits per heavy atom. The molecule has 1 aliphatic carbocycles. The van der Waals surface area contributed by atoms with E-state index >= 15 is 0 Å². The van der Waals surface area contributed by atoms with Crippen LogP contribution in [0.2, 0.25) is 0 Å². The van der Waals surface area contributed by atoms with E-state index in [-0.39, 0.29) is 5.54 Å². The highest BCUT2D eigenvalue weighted by atomic mass is 32.1. The molecule has 1 saturated carbocycles. The Morgan fingerprint density at radius 1 is 1.09 bits per heavy atom. The number of para-hydroxylation sites is 1. The number of pyridine rings is 1. The van der Waals surface area contributed by atoms with Crippen molar-refractivity contribution in [1.29, 1.82) is 0 Å². The number of aromatic nitrogens is 3. The quantitative estimate of drug-likeness (QED) is 0.320. The fraction of sp³-hybridized carbons (Fsp3) is 0.222. The molecule has 4 heteroatoms. The van der Waals surface area contributed by atoms with Crippen LogP contribution in [0.1, 0.15) is 19.8 Å². The van der Waals surface area contributed by atoms with Crippen molar-refractivity contribution < 1.29 is 4.40 Å². The van der Waals surface area contributed by atoms with Gasteiger partial charge in [-0.15, -0.1) is 4.68 Å². The lowest BCUT2D eigenvalue weighted by molar-refractivity contribution is -0.481. The van der Waals surface area contributed by atoms with Crippen LogP contribution < -0.4 is 4.40 Å². The van der Waals surface area contributed by atoms with Gasteiger partial charge in [0.1, 0.15) is 11.1 Å². The molecule has 0 atom stereocenters. The number of benzene rings is 2. The summed E-state index contributed by atoms with van der Waals surface area (Å²) in [4.78, 5) is 0. The molecular formula is C18H16N3S+. The van der Waals surface area contributed by atoms with E-state index in [0.717, 1.165) is 4.51 Å². The molecule has 0 aliphatic heterocycles. The molecule has 0 radical (unpaired) electrons. The van der Waals surface area contributed by atoms with Crippen LogP contribution in [-0.2, 0) is 5.54 Å². The maximum absolute atomic E-state index is 5.67. The van der Waals surface area contributed by atoms with E-state index in [9.17, 15) is 0 Å². The Balaban J connectivity index is 2.16. The van der Waals surface area contributed by atoms with E-state index in [2.05, 4.69) is 63.8 Å². The number of aromatic amines is 1. The first kappa shape index (κ1) is 12.4. The van der Waals surface area contributed by atoms with Crippen molar-refractivity contribution in [3.63, 3.8) is 0 Å². The molecule has 3 nitrogen and oxygen atoms in total. The largest absolute Gasteiger partial charge is 0.271 e. The van der Waals surface area contributed by atoms with Gasteiger partial charge in [-0.1, -0.05) is 42.5 Å². The van der Waals surface area contributed by atoms with Crippen LogP contribution in [0, 0.1) is 4.51 Å². The third-order valence-electron chi connectivity index (χ3n) is 4.97. The Kier molecular flexibility index (Phi) is 2.22. The Hall–Kier alpha value is -2.20. The lowest BCUT2D eigenvalue weighted by Gasteiger charge is -2.08. The second-order valence-electron chi connectivity index (χ2n) is 6.48. The van der Waals surface area contributed by atoms with Crippen LogP contribution >= 0.6 is 12.2 Å². The molecule has 1 aliphatic rings. The van der Waals surface area contributed by atoms with Gasteiger partial charge in [-0.2, -0.15) is 9.50 Å². The molecule has 108 valence electrons. The van der Waals surface area contributed by atoms with Crippen molar-refractivity contribution in [3.8, 4) is 0 Å². The molecule has 0 amide bonds. The Labute approximate surface area is 132 Å². The van der Waals surface area contributed by atoms with Crippen molar-refractivity contribution in [2.75, 3.05) is 0 Å². The number of H-pyrrole nitrogens is 1. The SMILES string of the molecule is CC1(n2[nH]c[n+]3c4ccccc4c4cccc(=S)c4c23)CC1. The molecule has 1 fully saturated rings. The van der Waals surface area contributed by atoms with Gasteiger partial charge >= 0.3 is 0 Å². The van der Waals surface area contributed by atoms with Gasteiger partial charge in [-0.05, 0) is 31.9 Å². The topological polar surface area (TPSA) is 24.8 Å². The highest BCUT2D eigenvalue weighted by Crippen LogP contribution is 2.43. The average Bonchev–Trinajstić information content (AvgIpc) is 3.12. The summed E-state index contributed by atoms with van der Waals surface area (Å²) in [6, 6.07) is 14.8. The Bertz CT molecular complexity index is 1120. The van der Waals surface area contributed by atoms with E-state index in [1.54, 1.807) is 0 Å². The van der Waals surface area contributed by atoms with Gasteiger partial charge in [0, 0.05) is 10.8 Å². The minimum absolute atomic E-state index is 0.196. The van der Waals surface area contributed by atoms with E-state index in [1.165, 1.54) is 40.2 Å². The number of hydrogen-bond acceptors (Lipinski definition) is 1. The number of fused-ring (bicyclic) bond motifs is 6. The summed E-state index contributed by atoms with van der Waals surface area (Å²) in [6.07, 6.45) is 4.48. The Morgan fingerprint density at radius 2 is 1.86 bits per heavy atom. The first-order valence-corrected chi connectivity index (χ1v) is 8.06. The molecule has 2 aromatic carbocycles. The van der Waals surface area contributed by atoms with Crippen LogP contribution in [0.5, 0.6) is 0 Å². The van der Waals surface area contributed by atoms with Crippen LogP contribution in [0.4, 0.5) is 0 Å². The first-order chi connectivity index (χ1) is 10.7. The van der Waals surface area contributed by atoms with Crippen LogP contribution in [0.3, 0.4) is 0 Å². The highest BCUT2D eigenvalue weighted by molar-refractivity contribution is 7.71.